The summed E-state index contributed by atoms with van der Waals surface area (Å²) in [5.41, 5.74) is 0.961. The van der Waals surface area contributed by atoms with E-state index in [1.165, 1.54) is 19.3 Å². The van der Waals surface area contributed by atoms with Crippen LogP contribution in [-0.2, 0) is 6.42 Å². The summed E-state index contributed by atoms with van der Waals surface area (Å²) in [6.07, 6.45) is 4.57. The van der Waals surface area contributed by atoms with Gasteiger partial charge < -0.3 is 5.32 Å². The highest BCUT2D eigenvalue weighted by Gasteiger charge is 2.22. The minimum Gasteiger partial charge on any atom is -0.367 e. The first-order valence-corrected chi connectivity index (χ1v) is 6.77. The van der Waals surface area contributed by atoms with E-state index in [-0.39, 0.29) is 0 Å². The van der Waals surface area contributed by atoms with Gasteiger partial charge in [-0.25, -0.2) is 9.97 Å². The molecular formula is C13H20ClN3. The number of hydrogen-bond acceptors (Lipinski definition) is 3. The van der Waals surface area contributed by atoms with Crippen molar-refractivity contribution >= 4 is 17.4 Å². The number of nitrogens with zero attached hydrogens (tertiary/aromatic N) is 2. The van der Waals surface area contributed by atoms with Gasteiger partial charge in [-0.05, 0) is 32.1 Å². The Morgan fingerprint density at radius 2 is 2.12 bits per heavy atom. The maximum absolute atomic E-state index is 6.12. The second-order valence-electron chi connectivity index (χ2n) is 5.02. The molecule has 1 fully saturated rings. The summed E-state index contributed by atoms with van der Waals surface area (Å²) in [7, 11) is 0. The minimum absolute atomic E-state index is 0.541. The first-order chi connectivity index (χ1) is 8.10. The molecule has 1 aliphatic rings. The van der Waals surface area contributed by atoms with Crippen LogP contribution in [0.5, 0.6) is 0 Å². The van der Waals surface area contributed by atoms with Gasteiger partial charge in [0, 0.05) is 18.0 Å². The van der Waals surface area contributed by atoms with E-state index in [0.29, 0.717) is 11.2 Å². The first-order valence-electron chi connectivity index (χ1n) is 6.39. The van der Waals surface area contributed by atoms with E-state index < -0.39 is 0 Å². The van der Waals surface area contributed by atoms with Crippen molar-refractivity contribution in [2.24, 2.45) is 5.92 Å². The molecule has 0 saturated heterocycles. The summed E-state index contributed by atoms with van der Waals surface area (Å²) in [6, 6.07) is 0.541. The number of hydrogen-bond donors (Lipinski definition) is 1. The van der Waals surface area contributed by atoms with Crippen LogP contribution in [0.2, 0.25) is 5.15 Å². The molecule has 1 aliphatic carbocycles. The highest BCUT2D eigenvalue weighted by Crippen LogP contribution is 2.29. The highest BCUT2D eigenvalue weighted by atomic mass is 35.5. The van der Waals surface area contributed by atoms with Crippen LogP contribution in [0.1, 0.15) is 44.5 Å². The number of anilines is 1. The van der Waals surface area contributed by atoms with Crippen LogP contribution in [-0.4, -0.2) is 16.0 Å². The average molecular weight is 254 g/mol. The molecule has 3 nitrogen and oxygen atoms in total. The summed E-state index contributed by atoms with van der Waals surface area (Å²) in [4.78, 5) is 8.79. The Balaban J connectivity index is 2.17. The summed E-state index contributed by atoms with van der Waals surface area (Å²) in [5.74, 6) is 2.55. The molecule has 0 radical (unpaired) electrons. The second kappa shape index (κ2) is 5.21. The van der Waals surface area contributed by atoms with Gasteiger partial charge >= 0.3 is 0 Å². The third kappa shape index (κ3) is 2.89. The van der Waals surface area contributed by atoms with E-state index >= 15 is 0 Å². The lowest BCUT2D eigenvalue weighted by Crippen LogP contribution is -2.18. The third-order valence-electron chi connectivity index (χ3n) is 3.48. The number of aromatic nitrogens is 2. The molecule has 2 unspecified atom stereocenters. The Bertz CT molecular complexity index is 406. The molecule has 0 bridgehead atoms. The van der Waals surface area contributed by atoms with Gasteiger partial charge in [0.15, 0.2) is 0 Å². The van der Waals surface area contributed by atoms with Crippen molar-refractivity contribution in [2.75, 3.05) is 5.32 Å². The quantitative estimate of drug-likeness (QED) is 0.837. The zero-order chi connectivity index (χ0) is 12.4. The molecule has 0 aliphatic heterocycles. The van der Waals surface area contributed by atoms with Crippen molar-refractivity contribution in [1.29, 1.82) is 0 Å². The van der Waals surface area contributed by atoms with Crippen molar-refractivity contribution in [2.45, 2.75) is 52.5 Å². The van der Waals surface area contributed by atoms with Gasteiger partial charge in [-0.15, -0.1) is 0 Å². The lowest BCUT2D eigenvalue weighted by atomic mass is 10.1. The largest absolute Gasteiger partial charge is 0.367 e. The maximum atomic E-state index is 6.12. The van der Waals surface area contributed by atoms with Gasteiger partial charge in [0.05, 0.1) is 0 Å². The van der Waals surface area contributed by atoms with E-state index in [2.05, 4.69) is 22.2 Å². The van der Waals surface area contributed by atoms with Crippen LogP contribution in [0.15, 0.2) is 0 Å². The van der Waals surface area contributed by atoms with E-state index in [1.54, 1.807) is 0 Å². The average Bonchev–Trinajstić information content (AvgIpc) is 2.70. The predicted octanol–water partition coefficient (Wildman–Crippen LogP) is 3.60. The molecule has 94 valence electrons. The Morgan fingerprint density at radius 3 is 2.71 bits per heavy atom. The van der Waals surface area contributed by atoms with E-state index in [0.717, 1.165) is 29.5 Å². The Kier molecular flexibility index (Phi) is 3.87. The fourth-order valence-corrected chi connectivity index (χ4v) is 2.55. The van der Waals surface area contributed by atoms with Crippen LogP contribution in [0.3, 0.4) is 0 Å². The first kappa shape index (κ1) is 12.6. The van der Waals surface area contributed by atoms with Gasteiger partial charge in [0.25, 0.3) is 0 Å². The lowest BCUT2D eigenvalue weighted by molar-refractivity contribution is 0.602. The van der Waals surface area contributed by atoms with Gasteiger partial charge in [0.2, 0.25) is 0 Å². The molecule has 1 heterocycles. The summed E-state index contributed by atoms with van der Waals surface area (Å²) >= 11 is 6.12. The molecule has 0 spiro atoms. The molecule has 1 aromatic heterocycles. The molecule has 2 rings (SSSR count). The van der Waals surface area contributed by atoms with Crippen LogP contribution in [0.25, 0.3) is 0 Å². The van der Waals surface area contributed by atoms with Gasteiger partial charge in [-0.1, -0.05) is 25.4 Å². The summed E-state index contributed by atoms with van der Waals surface area (Å²) in [6.45, 7) is 6.32. The van der Waals surface area contributed by atoms with E-state index in [1.807, 2.05) is 13.8 Å². The SMILES string of the molecule is CCc1nc(Cl)c(C)c(NC2CCC(C)C2)n1. The van der Waals surface area contributed by atoms with Gasteiger partial charge in [-0.3, -0.25) is 0 Å². The molecule has 4 heteroatoms. The summed E-state index contributed by atoms with van der Waals surface area (Å²) < 4.78 is 0. The molecule has 0 aromatic carbocycles. The highest BCUT2D eigenvalue weighted by molar-refractivity contribution is 6.30. The molecule has 1 saturated carbocycles. The van der Waals surface area contributed by atoms with E-state index in [4.69, 9.17) is 11.6 Å². The van der Waals surface area contributed by atoms with Crippen molar-refractivity contribution in [3.63, 3.8) is 0 Å². The van der Waals surface area contributed by atoms with Gasteiger partial charge in [-0.2, -0.15) is 0 Å². The molecule has 17 heavy (non-hydrogen) atoms. The number of halogens is 1. The Morgan fingerprint density at radius 1 is 1.35 bits per heavy atom. The molecule has 1 N–H and O–H groups in total. The molecule has 1 aromatic rings. The summed E-state index contributed by atoms with van der Waals surface area (Å²) in [5, 5.41) is 4.09. The lowest BCUT2D eigenvalue weighted by Gasteiger charge is -2.16. The number of nitrogens with one attached hydrogen (secondary N) is 1. The number of aryl methyl sites for hydroxylation is 1. The van der Waals surface area contributed by atoms with Crippen molar-refractivity contribution in [3.05, 3.63) is 16.5 Å². The standard InChI is InChI=1S/C13H20ClN3/c1-4-11-16-12(14)9(3)13(17-11)15-10-6-5-8(2)7-10/h8,10H,4-7H2,1-3H3,(H,15,16,17). The molecular weight excluding hydrogens is 234 g/mol. The monoisotopic (exact) mass is 253 g/mol. The van der Waals surface area contributed by atoms with E-state index in [9.17, 15) is 0 Å². The van der Waals surface area contributed by atoms with Crippen LogP contribution in [0, 0.1) is 12.8 Å². The minimum atomic E-state index is 0.541. The van der Waals surface area contributed by atoms with Crippen molar-refractivity contribution < 1.29 is 0 Å². The Hall–Kier alpha value is -0.830. The second-order valence-corrected chi connectivity index (χ2v) is 5.38. The van der Waals surface area contributed by atoms with Gasteiger partial charge in [0.1, 0.15) is 16.8 Å². The fourth-order valence-electron chi connectivity index (χ4n) is 2.36. The predicted molar refractivity (Wildman–Crippen MR) is 71.6 cm³/mol. The number of rotatable bonds is 3. The van der Waals surface area contributed by atoms with Crippen LogP contribution < -0.4 is 5.32 Å². The maximum Gasteiger partial charge on any atom is 0.137 e. The van der Waals surface area contributed by atoms with Crippen LogP contribution >= 0.6 is 11.6 Å². The topological polar surface area (TPSA) is 37.8 Å². The fraction of sp³-hybridized carbons (Fsp3) is 0.692. The van der Waals surface area contributed by atoms with Crippen molar-refractivity contribution in [3.8, 4) is 0 Å². The molecule has 2 atom stereocenters. The van der Waals surface area contributed by atoms with Crippen LogP contribution in [0.4, 0.5) is 5.82 Å². The third-order valence-corrected chi connectivity index (χ3v) is 3.85. The smallest absolute Gasteiger partial charge is 0.137 e. The Labute approximate surface area is 108 Å². The zero-order valence-electron chi connectivity index (χ0n) is 10.8. The zero-order valence-corrected chi connectivity index (χ0v) is 11.5. The normalized spacial score (nSPS) is 24.0. The molecule has 0 amide bonds. The van der Waals surface area contributed by atoms with Crippen molar-refractivity contribution in [1.82, 2.24) is 9.97 Å².